The van der Waals surface area contributed by atoms with Crippen LogP contribution in [-0.2, 0) is 14.9 Å². The molecule has 2 unspecified atom stereocenters. The predicted octanol–water partition coefficient (Wildman–Crippen LogP) is 0.804. The second kappa shape index (κ2) is 7.37. The minimum absolute atomic E-state index is 0.0347. The van der Waals surface area contributed by atoms with Crippen LogP contribution in [0.25, 0.3) is 0 Å². The largest absolute Gasteiger partial charge is 0.375 e. The molecule has 0 amide bonds. The van der Waals surface area contributed by atoms with Crippen LogP contribution in [0.1, 0.15) is 39.5 Å². The Morgan fingerprint density at radius 3 is 2.71 bits per heavy atom. The fraction of sp³-hybridized carbons (Fsp3) is 1.00. The van der Waals surface area contributed by atoms with Gasteiger partial charge >= 0.3 is 0 Å². The molecular formula is C14H29N3O3S. The summed E-state index contributed by atoms with van der Waals surface area (Å²) in [5.74, 6) is 0. The summed E-state index contributed by atoms with van der Waals surface area (Å²) in [4.78, 5) is 0. The maximum Gasteiger partial charge on any atom is 0.282 e. The number of nitrogens with zero attached hydrogens (tertiary/aromatic N) is 2. The molecule has 1 aliphatic carbocycles. The van der Waals surface area contributed by atoms with Crippen LogP contribution in [0.5, 0.6) is 0 Å². The Balaban J connectivity index is 1.87. The summed E-state index contributed by atoms with van der Waals surface area (Å²) in [7, 11) is -1.70. The molecule has 2 aliphatic rings. The summed E-state index contributed by atoms with van der Waals surface area (Å²) in [6.07, 6.45) is 4.12. The molecule has 2 atom stereocenters. The quantitative estimate of drug-likeness (QED) is 0.673. The molecule has 1 N–H and O–H groups in total. The lowest BCUT2D eigenvalue weighted by Gasteiger charge is -2.39. The molecule has 124 valence electrons. The second-order valence-corrected chi connectivity index (χ2v) is 8.18. The van der Waals surface area contributed by atoms with Gasteiger partial charge in [-0.25, -0.2) is 0 Å². The molecule has 2 fully saturated rings. The minimum atomic E-state index is -3.38. The van der Waals surface area contributed by atoms with Crippen molar-refractivity contribution in [2.45, 2.75) is 57.7 Å². The molecule has 0 spiro atoms. The SMILES string of the molecule is CCC1COC(C)CN1S(=O)(=O)N(C)CCCNC1CC1. The third-order valence-electron chi connectivity index (χ3n) is 4.24. The van der Waals surface area contributed by atoms with E-state index < -0.39 is 10.2 Å². The molecule has 1 aliphatic heterocycles. The van der Waals surface area contributed by atoms with Crippen molar-refractivity contribution < 1.29 is 13.2 Å². The van der Waals surface area contributed by atoms with E-state index in [9.17, 15) is 8.42 Å². The standard InChI is InChI=1S/C14H29N3O3S/c1-4-14-11-20-12(2)10-17(14)21(18,19)16(3)9-5-8-15-13-6-7-13/h12-15H,4-11H2,1-3H3. The van der Waals surface area contributed by atoms with Crippen molar-refractivity contribution in [3.05, 3.63) is 0 Å². The van der Waals surface area contributed by atoms with Crippen molar-refractivity contribution in [1.82, 2.24) is 13.9 Å². The third-order valence-corrected chi connectivity index (χ3v) is 6.25. The lowest BCUT2D eigenvalue weighted by Crippen LogP contribution is -2.55. The molecule has 2 rings (SSSR count). The highest BCUT2D eigenvalue weighted by atomic mass is 32.2. The number of rotatable bonds is 8. The van der Waals surface area contributed by atoms with Crippen molar-refractivity contribution in [2.24, 2.45) is 0 Å². The molecular weight excluding hydrogens is 290 g/mol. The van der Waals surface area contributed by atoms with Crippen molar-refractivity contribution in [3.63, 3.8) is 0 Å². The van der Waals surface area contributed by atoms with E-state index in [0.717, 1.165) is 19.4 Å². The maximum absolute atomic E-state index is 12.7. The van der Waals surface area contributed by atoms with Gasteiger partial charge in [-0.2, -0.15) is 17.0 Å². The van der Waals surface area contributed by atoms with Crippen molar-refractivity contribution in [2.75, 3.05) is 33.3 Å². The van der Waals surface area contributed by atoms with E-state index in [4.69, 9.17) is 4.74 Å². The van der Waals surface area contributed by atoms with E-state index in [2.05, 4.69) is 5.32 Å². The summed E-state index contributed by atoms with van der Waals surface area (Å²) in [6.45, 7) is 6.32. The topological polar surface area (TPSA) is 61.9 Å². The molecule has 6 nitrogen and oxygen atoms in total. The van der Waals surface area contributed by atoms with Crippen LogP contribution in [-0.4, -0.2) is 68.5 Å². The molecule has 1 saturated heterocycles. The molecule has 1 heterocycles. The smallest absolute Gasteiger partial charge is 0.282 e. The Morgan fingerprint density at radius 2 is 2.10 bits per heavy atom. The van der Waals surface area contributed by atoms with Crippen LogP contribution in [0.3, 0.4) is 0 Å². The maximum atomic E-state index is 12.7. The van der Waals surface area contributed by atoms with E-state index in [-0.39, 0.29) is 12.1 Å². The van der Waals surface area contributed by atoms with Crippen LogP contribution >= 0.6 is 0 Å². The van der Waals surface area contributed by atoms with E-state index in [0.29, 0.717) is 25.7 Å². The van der Waals surface area contributed by atoms with Crippen LogP contribution in [0.2, 0.25) is 0 Å². The van der Waals surface area contributed by atoms with Gasteiger partial charge < -0.3 is 10.1 Å². The summed E-state index contributed by atoms with van der Waals surface area (Å²) in [5, 5.41) is 3.41. The van der Waals surface area contributed by atoms with Gasteiger partial charge in [0.15, 0.2) is 0 Å². The molecule has 1 saturated carbocycles. The Hall–Kier alpha value is -0.210. The fourth-order valence-electron chi connectivity index (χ4n) is 2.61. The first-order valence-corrected chi connectivity index (χ1v) is 9.43. The van der Waals surface area contributed by atoms with Gasteiger partial charge in [-0.15, -0.1) is 0 Å². The minimum Gasteiger partial charge on any atom is -0.375 e. The molecule has 0 aromatic carbocycles. The molecule has 0 aromatic rings. The fourth-order valence-corrected chi connectivity index (χ4v) is 4.31. The number of hydrogen-bond acceptors (Lipinski definition) is 4. The normalized spacial score (nSPS) is 28.2. The highest BCUT2D eigenvalue weighted by Crippen LogP contribution is 2.21. The Labute approximate surface area is 129 Å². The summed E-state index contributed by atoms with van der Waals surface area (Å²) in [6, 6.07) is 0.634. The average molecular weight is 319 g/mol. The van der Waals surface area contributed by atoms with Gasteiger partial charge in [0.25, 0.3) is 10.2 Å². The van der Waals surface area contributed by atoms with Crippen LogP contribution in [0.4, 0.5) is 0 Å². The number of morpholine rings is 1. The zero-order valence-corrected chi connectivity index (χ0v) is 14.2. The number of ether oxygens (including phenoxy) is 1. The Morgan fingerprint density at radius 1 is 1.38 bits per heavy atom. The van der Waals surface area contributed by atoms with Crippen molar-refractivity contribution in [3.8, 4) is 0 Å². The molecule has 21 heavy (non-hydrogen) atoms. The van der Waals surface area contributed by atoms with Gasteiger partial charge in [-0.05, 0) is 39.2 Å². The molecule has 0 radical (unpaired) electrons. The molecule has 0 bridgehead atoms. The van der Waals surface area contributed by atoms with Crippen molar-refractivity contribution >= 4 is 10.2 Å². The summed E-state index contributed by atoms with van der Waals surface area (Å²) < 4.78 is 34.1. The lowest BCUT2D eigenvalue weighted by atomic mass is 10.2. The van der Waals surface area contributed by atoms with Gasteiger partial charge in [-0.1, -0.05) is 6.92 Å². The van der Waals surface area contributed by atoms with E-state index in [1.54, 1.807) is 11.4 Å². The lowest BCUT2D eigenvalue weighted by molar-refractivity contribution is -0.0248. The highest BCUT2D eigenvalue weighted by molar-refractivity contribution is 7.86. The third kappa shape index (κ3) is 4.63. The van der Waals surface area contributed by atoms with Gasteiger partial charge in [0.1, 0.15) is 0 Å². The zero-order valence-electron chi connectivity index (χ0n) is 13.4. The Kier molecular flexibility index (Phi) is 6.02. The molecule has 0 aromatic heterocycles. The van der Waals surface area contributed by atoms with Gasteiger partial charge in [0, 0.05) is 32.2 Å². The van der Waals surface area contributed by atoms with E-state index in [1.165, 1.54) is 17.1 Å². The number of hydrogen-bond donors (Lipinski definition) is 1. The van der Waals surface area contributed by atoms with Crippen LogP contribution in [0, 0.1) is 0 Å². The number of nitrogens with one attached hydrogen (secondary N) is 1. The van der Waals surface area contributed by atoms with Gasteiger partial charge in [0.05, 0.1) is 12.7 Å². The summed E-state index contributed by atoms with van der Waals surface area (Å²) >= 11 is 0. The molecule has 7 heteroatoms. The first kappa shape index (κ1) is 17.1. The second-order valence-electron chi connectivity index (χ2n) is 6.19. The predicted molar refractivity (Wildman–Crippen MR) is 83.4 cm³/mol. The summed E-state index contributed by atoms with van der Waals surface area (Å²) in [5.41, 5.74) is 0. The zero-order chi connectivity index (χ0) is 15.5. The van der Waals surface area contributed by atoms with Crippen LogP contribution in [0.15, 0.2) is 0 Å². The monoisotopic (exact) mass is 319 g/mol. The Bertz CT molecular complexity index is 425. The first-order chi connectivity index (χ1) is 9.95. The highest BCUT2D eigenvalue weighted by Gasteiger charge is 2.36. The van der Waals surface area contributed by atoms with E-state index in [1.807, 2.05) is 13.8 Å². The van der Waals surface area contributed by atoms with Crippen molar-refractivity contribution in [1.29, 1.82) is 0 Å². The average Bonchev–Trinajstić information content (AvgIpc) is 3.27. The van der Waals surface area contributed by atoms with Crippen LogP contribution < -0.4 is 5.32 Å². The van der Waals surface area contributed by atoms with Gasteiger partial charge in [0.2, 0.25) is 0 Å². The van der Waals surface area contributed by atoms with Gasteiger partial charge in [-0.3, -0.25) is 0 Å². The first-order valence-electron chi connectivity index (χ1n) is 8.03. The van der Waals surface area contributed by atoms with E-state index >= 15 is 0 Å².